The van der Waals surface area contributed by atoms with Crippen LogP contribution in [0.5, 0.6) is 0 Å². The van der Waals surface area contributed by atoms with Crippen LogP contribution >= 0.6 is 0 Å². The SMILES string of the molecule is C=CC(=O)OC(C)[N+](C)(CCCC)Cc1ccccc1.[F-]. The number of unbranched alkanes of at least 4 members (excludes halogenated alkanes) is 1. The Morgan fingerprint density at radius 2 is 2.00 bits per heavy atom. The predicted octanol–water partition coefficient (Wildman–Crippen LogP) is 0.513. The van der Waals surface area contributed by atoms with Crippen LogP contribution in [0.1, 0.15) is 32.3 Å². The summed E-state index contributed by atoms with van der Waals surface area (Å²) < 4.78 is 6.14. The normalized spacial score (nSPS) is 14.4. The van der Waals surface area contributed by atoms with Crippen LogP contribution in [-0.4, -0.2) is 30.3 Å². The summed E-state index contributed by atoms with van der Waals surface area (Å²) in [5, 5.41) is 0. The molecule has 1 rings (SSSR count). The Morgan fingerprint density at radius 1 is 1.38 bits per heavy atom. The van der Waals surface area contributed by atoms with Gasteiger partial charge < -0.3 is 9.44 Å². The van der Waals surface area contributed by atoms with Gasteiger partial charge in [0.1, 0.15) is 6.54 Å². The lowest BCUT2D eigenvalue weighted by Gasteiger charge is -2.39. The largest absolute Gasteiger partial charge is 1.00 e. The maximum absolute atomic E-state index is 11.4. The van der Waals surface area contributed by atoms with Gasteiger partial charge in [-0.2, -0.15) is 0 Å². The fourth-order valence-corrected chi connectivity index (χ4v) is 2.25. The van der Waals surface area contributed by atoms with Gasteiger partial charge in [-0.15, -0.1) is 0 Å². The molecule has 4 heteroatoms. The molecule has 3 nitrogen and oxygen atoms in total. The first-order valence-electron chi connectivity index (χ1n) is 7.23. The number of benzene rings is 1. The van der Waals surface area contributed by atoms with Crippen molar-refractivity contribution < 1.29 is 18.7 Å². The smallest absolute Gasteiger partial charge is 0.334 e. The molecule has 0 bridgehead atoms. The molecule has 0 aliphatic rings. The fraction of sp³-hybridized carbons (Fsp3) is 0.471. The lowest BCUT2D eigenvalue weighted by atomic mass is 10.1. The molecular weight excluding hydrogens is 269 g/mol. The number of esters is 1. The molecule has 0 saturated heterocycles. The van der Waals surface area contributed by atoms with Crippen LogP contribution in [0.25, 0.3) is 0 Å². The highest BCUT2D eigenvalue weighted by Gasteiger charge is 2.31. The summed E-state index contributed by atoms with van der Waals surface area (Å²) in [6.45, 7) is 9.43. The van der Waals surface area contributed by atoms with Gasteiger partial charge >= 0.3 is 5.97 Å². The molecule has 1 aromatic rings. The molecule has 0 radical (unpaired) electrons. The van der Waals surface area contributed by atoms with Crippen LogP contribution in [0, 0.1) is 0 Å². The van der Waals surface area contributed by atoms with E-state index >= 15 is 0 Å². The van der Waals surface area contributed by atoms with Gasteiger partial charge in [-0.1, -0.05) is 50.3 Å². The quantitative estimate of drug-likeness (QED) is 0.302. The van der Waals surface area contributed by atoms with Gasteiger partial charge in [-0.05, 0) is 6.42 Å². The van der Waals surface area contributed by atoms with Crippen molar-refractivity contribution in [3.8, 4) is 0 Å². The van der Waals surface area contributed by atoms with Gasteiger partial charge in [0.2, 0.25) is 6.23 Å². The fourth-order valence-electron chi connectivity index (χ4n) is 2.25. The molecule has 0 amide bonds. The van der Waals surface area contributed by atoms with Gasteiger partial charge in [-0.3, -0.25) is 4.48 Å². The molecule has 118 valence electrons. The van der Waals surface area contributed by atoms with E-state index in [2.05, 4.69) is 32.7 Å². The van der Waals surface area contributed by atoms with Crippen LogP contribution in [0.15, 0.2) is 43.0 Å². The summed E-state index contributed by atoms with van der Waals surface area (Å²) in [4.78, 5) is 11.4. The summed E-state index contributed by atoms with van der Waals surface area (Å²) >= 11 is 0. The highest BCUT2D eigenvalue weighted by Crippen LogP contribution is 2.19. The second-order valence-corrected chi connectivity index (χ2v) is 5.44. The van der Waals surface area contributed by atoms with Crippen molar-refractivity contribution in [2.24, 2.45) is 0 Å². The lowest BCUT2D eigenvalue weighted by molar-refractivity contribution is -0.962. The van der Waals surface area contributed by atoms with Crippen molar-refractivity contribution >= 4 is 5.97 Å². The van der Waals surface area contributed by atoms with E-state index in [9.17, 15) is 4.79 Å². The summed E-state index contributed by atoms with van der Waals surface area (Å²) in [6.07, 6.45) is 3.28. The Kier molecular flexibility index (Phi) is 8.55. The minimum absolute atomic E-state index is 0. The monoisotopic (exact) mass is 295 g/mol. The first-order chi connectivity index (χ1) is 9.51. The third kappa shape index (κ3) is 6.08. The number of halogens is 1. The Labute approximate surface area is 127 Å². The van der Waals surface area contributed by atoms with E-state index in [1.165, 1.54) is 11.6 Å². The molecule has 0 aromatic heterocycles. The average Bonchev–Trinajstić information content (AvgIpc) is 2.46. The Bertz CT molecular complexity index is 436. The van der Waals surface area contributed by atoms with E-state index in [1.54, 1.807) is 0 Å². The molecule has 0 heterocycles. The number of ether oxygens (including phenoxy) is 1. The molecule has 0 saturated carbocycles. The van der Waals surface area contributed by atoms with Gasteiger partial charge in [0.15, 0.2) is 0 Å². The lowest BCUT2D eigenvalue weighted by Crippen LogP contribution is -3.00. The zero-order valence-electron chi connectivity index (χ0n) is 13.2. The van der Waals surface area contributed by atoms with Crippen molar-refractivity contribution in [3.05, 3.63) is 48.6 Å². The molecule has 2 unspecified atom stereocenters. The highest BCUT2D eigenvalue weighted by molar-refractivity contribution is 5.81. The number of carbonyl (C=O) groups excluding carboxylic acids is 1. The maximum Gasteiger partial charge on any atom is 0.334 e. The Morgan fingerprint density at radius 3 is 2.52 bits per heavy atom. The Balaban J connectivity index is 0.00000400. The van der Waals surface area contributed by atoms with Crippen molar-refractivity contribution in [3.63, 3.8) is 0 Å². The van der Waals surface area contributed by atoms with Crippen molar-refractivity contribution in [2.45, 2.75) is 39.5 Å². The van der Waals surface area contributed by atoms with Crippen LogP contribution in [0.2, 0.25) is 0 Å². The summed E-state index contributed by atoms with van der Waals surface area (Å²) in [7, 11) is 2.14. The molecule has 0 aliphatic heterocycles. The molecular formula is C17H26FNO2. The maximum atomic E-state index is 11.4. The van der Waals surface area contributed by atoms with E-state index in [-0.39, 0.29) is 16.9 Å². The molecule has 0 N–H and O–H groups in total. The predicted molar refractivity (Wildman–Crippen MR) is 81.9 cm³/mol. The summed E-state index contributed by atoms with van der Waals surface area (Å²) in [5.41, 5.74) is 1.26. The second kappa shape index (κ2) is 9.29. The van der Waals surface area contributed by atoms with Crippen molar-refractivity contribution in [2.75, 3.05) is 13.6 Å². The number of rotatable bonds is 8. The van der Waals surface area contributed by atoms with Crippen LogP contribution in [-0.2, 0) is 16.1 Å². The minimum atomic E-state index is -0.355. The van der Waals surface area contributed by atoms with E-state index < -0.39 is 0 Å². The number of quaternary nitrogens is 1. The van der Waals surface area contributed by atoms with Gasteiger partial charge in [-0.25, -0.2) is 4.79 Å². The van der Waals surface area contributed by atoms with Crippen LogP contribution in [0.3, 0.4) is 0 Å². The van der Waals surface area contributed by atoms with E-state index in [0.717, 1.165) is 25.9 Å². The standard InChI is InChI=1S/C17H26NO2.FH/c1-5-7-13-18(4,15(3)20-17(19)6-2)14-16-11-9-8-10-12-16;/h6,8-12,15H,2,5,7,13-14H2,1,3-4H3;1H/q+1;/p-1. The van der Waals surface area contributed by atoms with Gasteiger partial charge in [0.05, 0.1) is 13.6 Å². The first kappa shape index (κ1) is 19.3. The molecule has 0 spiro atoms. The van der Waals surface area contributed by atoms with E-state index in [0.29, 0.717) is 4.48 Å². The summed E-state index contributed by atoms with van der Waals surface area (Å²) in [6, 6.07) is 10.3. The minimum Gasteiger partial charge on any atom is -1.00 e. The molecule has 2 atom stereocenters. The average molecular weight is 295 g/mol. The van der Waals surface area contributed by atoms with Crippen molar-refractivity contribution in [1.29, 1.82) is 0 Å². The third-order valence-corrected chi connectivity index (χ3v) is 3.74. The molecule has 0 aliphatic carbocycles. The van der Waals surface area contributed by atoms with Gasteiger partial charge in [0.25, 0.3) is 0 Å². The highest BCUT2D eigenvalue weighted by atomic mass is 19.0. The van der Waals surface area contributed by atoms with Crippen LogP contribution < -0.4 is 4.70 Å². The number of hydrogen-bond donors (Lipinski definition) is 0. The second-order valence-electron chi connectivity index (χ2n) is 5.44. The third-order valence-electron chi connectivity index (χ3n) is 3.74. The molecule has 1 aromatic carbocycles. The number of hydrogen-bond acceptors (Lipinski definition) is 2. The number of carbonyl (C=O) groups is 1. The number of nitrogens with zero attached hydrogens (tertiary/aromatic N) is 1. The zero-order chi connectivity index (χ0) is 15.0. The molecule has 21 heavy (non-hydrogen) atoms. The van der Waals surface area contributed by atoms with E-state index in [4.69, 9.17) is 4.74 Å². The topological polar surface area (TPSA) is 26.3 Å². The zero-order valence-corrected chi connectivity index (χ0v) is 13.2. The van der Waals surface area contributed by atoms with E-state index in [1.807, 2.05) is 25.1 Å². The summed E-state index contributed by atoms with van der Waals surface area (Å²) in [5.74, 6) is -0.355. The molecule has 0 fully saturated rings. The Hall–Kier alpha value is -1.68. The first-order valence-corrected chi connectivity index (χ1v) is 7.23. The van der Waals surface area contributed by atoms with Gasteiger partial charge in [0, 0.05) is 18.6 Å². The van der Waals surface area contributed by atoms with Crippen LogP contribution in [0.4, 0.5) is 0 Å². The van der Waals surface area contributed by atoms with Crippen molar-refractivity contribution in [1.82, 2.24) is 0 Å².